The van der Waals surface area contributed by atoms with Crippen molar-refractivity contribution in [1.82, 2.24) is 29.1 Å². The molecule has 0 radical (unpaired) electrons. The Morgan fingerprint density at radius 1 is 0.705 bits per heavy atom. The van der Waals surface area contributed by atoms with Crippen molar-refractivity contribution in [2.45, 2.75) is 11.8 Å². The number of nitrogen functional groups attached to an aromatic ring is 1. The van der Waals surface area contributed by atoms with Gasteiger partial charge >= 0.3 is 23.3 Å². The van der Waals surface area contributed by atoms with Gasteiger partial charge in [-0.15, -0.1) is 0 Å². The number of methoxy groups -OCH3 is 4. The van der Waals surface area contributed by atoms with E-state index in [0.29, 0.717) is 22.5 Å². The number of fused-ring (bicyclic) bond motifs is 2. The topological polar surface area (TPSA) is 311 Å². The van der Waals surface area contributed by atoms with Gasteiger partial charge in [0.25, 0.3) is 10.1 Å². The number of para-hydroxylation sites is 2. The molecule has 4 N–H and O–H groups in total. The molecule has 0 fully saturated rings. The molecule has 9 aromatic rings. The summed E-state index contributed by atoms with van der Waals surface area (Å²) in [5.41, 5.74) is 9.67. The molecule has 23 nitrogen and oxygen atoms in total. The van der Waals surface area contributed by atoms with E-state index < -0.39 is 54.9 Å². The number of benzene rings is 5. The summed E-state index contributed by atoms with van der Waals surface area (Å²) in [6, 6.07) is 25.1. The number of rotatable bonds is 11. The van der Waals surface area contributed by atoms with Gasteiger partial charge in [0.2, 0.25) is 22.9 Å². The number of nitrogens with one attached hydrogen (secondary N) is 1. The van der Waals surface area contributed by atoms with Gasteiger partial charge < -0.3 is 39.1 Å². The SMILES string of the molecule is COC(=O)c1cnc(Cl)nc1-c1cn(C)c2ccccc12.COC(=O)c1cnc(Nc2cc([N+](=O)[O-])c(F)cc2OC)nc1-c1cn(C)c2ccccc12.COc1cc(F)c([N+](=O)[O-])cc1N.Cc1ccc(S(=O)(=O)O)cc1. The van der Waals surface area contributed by atoms with Crippen molar-refractivity contribution in [3.63, 3.8) is 0 Å². The van der Waals surface area contributed by atoms with Crippen LogP contribution in [0, 0.1) is 38.8 Å². The molecule has 0 spiro atoms. The zero-order chi connectivity index (χ0) is 57.2. The summed E-state index contributed by atoms with van der Waals surface area (Å²) >= 11 is 5.89. The zero-order valence-electron chi connectivity index (χ0n) is 42.1. The van der Waals surface area contributed by atoms with Crippen LogP contribution in [0.2, 0.25) is 5.28 Å². The number of esters is 2. The average Bonchev–Trinajstić information content (AvgIpc) is 4.01. The Hall–Kier alpha value is -9.66. The summed E-state index contributed by atoms with van der Waals surface area (Å²) in [6.45, 7) is 1.84. The van der Waals surface area contributed by atoms with E-state index in [9.17, 15) is 47.0 Å². The Bertz CT molecular complexity index is 3860. The van der Waals surface area contributed by atoms with Gasteiger partial charge in [-0.25, -0.2) is 29.5 Å². The largest absolute Gasteiger partial charge is 0.494 e. The zero-order valence-corrected chi connectivity index (χ0v) is 43.7. The number of halogens is 3. The Morgan fingerprint density at radius 2 is 1.17 bits per heavy atom. The summed E-state index contributed by atoms with van der Waals surface area (Å²) in [5.74, 6) is -3.00. The van der Waals surface area contributed by atoms with Gasteiger partial charge in [0.15, 0.2) is 0 Å². The van der Waals surface area contributed by atoms with Crippen molar-refractivity contribution >= 4 is 84.2 Å². The third-order valence-corrected chi connectivity index (χ3v) is 12.2. The lowest BCUT2D eigenvalue weighted by molar-refractivity contribution is -0.387. The standard InChI is InChI=1S/C22H18FN5O5.C15H12ClN3O2.C7H7FN2O3.C7H8O3S/c1-27-11-14(12-6-4-5-7-17(12)27)20-13(21(29)33-3)10-24-22(26-20)25-16-9-18(28(30)31)15(23)8-19(16)32-2;1-19-8-11(9-5-3-4-6-12(9)19)13-10(14(20)21-2)7-17-15(16)18-13;1-13-7-2-4(8)6(10(11)12)3-5(7)9;1-6-2-4-7(5-3-6)11(8,9)10/h4-11H,1-3H3,(H,24,25,26);3-8H,1-2H3;2-3H,9H2,1H3;2-5H,1H3,(H,8,9,10). The van der Waals surface area contributed by atoms with Crippen molar-refractivity contribution in [2.24, 2.45) is 14.1 Å². The molecule has 5 aromatic carbocycles. The molecule has 0 bridgehead atoms. The van der Waals surface area contributed by atoms with Crippen LogP contribution in [0.25, 0.3) is 44.3 Å². The van der Waals surface area contributed by atoms with Crippen LogP contribution < -0.4 is 20.5 Å². The Labute approximate surface area is 446 Å². The van der Waals surface area contributed by atoms with Crippen molar-refractivity contribution in [1.29, 1.82) is 0 Å². The molecule has 0 aliphatic heterocycles. The quantitative estimate of drug-likeness (QED) is 0.0271. The smallest absolute Gasteiger partial charge is 0.341 e. The highest BCUT2D eigenvalue weighted by Gasteiger charge is 2.24. The van der Waals surface area contributed by atoms with Gasteiger partial charge in [0, 0.05) is 96.1 Å². The minimum atomic E-state index is -4.02. The fourth-order valence-corrected chi connectivity index (χ4v) is 8.06. The van der Waals surface area contributed by atoms with Crippen LogP contribution in [0.4, 0.5) is 37.5 Å². The van der Waals surface area contributed by atoms with Crippen LogP contribution in [-0.4, -0.2) is 92.3 Å². The molecular weight excluding hydrogens is 1070 g/mol. The molecule has 9 rings (SSSR count). The van der Waals surface area contributed by atoms with E-state index in [4.69, 9.17) is 36.1 Å². The molecule has 78 heavy (non-hydrogen) atoms. The van der Waals surface area contributed by atoms with Crippen LogP contribution in [0.5, 0.6) is 11.5 Å². The number of ether oxygens (including phenoxy) is 4. The van der Waals surface area contributed by atoms with E-state index >= 15 is 0 Å². The van der Waals surface area contributed by atoms with E-state index in [1.54, 1.807) is 12.1 Å². The maximum absolute atomic E-state index is 14.0. The van der Waals surface area contributed by atoms with Gasteiger partial charge in [0.1, 0.15) is 22.6 Å². The minimum absolute atomic E-state index is 0.0183. The molecule has 0 atom stereocenters. The maximum Gasteiger partial charge on any atom is 0.341 e. The molecule has 4 heterocycles. The molecule has 0 unspecified atom stereocenters. The van der Waals surface area contributed by atoms with Crippen molar-refractivity contribution in [2.75, 3.05) is 39.5 Å². The first-order valence-corrected chi connectivity index (χ1v) is 24.1. The number of hydrogen-bond donors (Lipinski definition) is 3. The van der Waals surface area contributed by atoms with Crippen molar-refractivity contribution in [3.05, 3.63) is 176 Å². The fourth-order valence-electron chi connectivity index (χ4n) is 7.45. The molecule has 0 aliphatic rings. The Morgan fingerprint density at radius 3 is 1.64 bits per heavy atom. The first-order valence-electron chi connectivity index (χ1n) is 22.3. The number of aryl methyl sites for hydroxylation is 3. The van der Waals surface area contributed by atoms with Gasteiger partial charge in [-0.1, -0.05) is 54.1 Å². The minimum Gasteiger partial charge on any atom is -0.494 e. The first-order chi connectivity index (χ1) is 37.0. The van der Waals surface area contributed by atoms with E-state index in [1.165, 1.54) is 53.0 Å². The van der Waals surface area contributed by atoms with Crippen LogP contribution in [-0.2, 0) is 33.7 Å². The van der Waals surface area contributed by atoms with Gasteiger partial charge in [-0.2, -0.15) is 17.2 Å². The number of nitrogens with zero attached hydrogens (tertiary/aromatic N) is 8. The summed E-state index contributed by atoms with van der Waals surface area (Å²) in [5, 5.41) is 26.1. The number of nitro groups is 2. The molecule has 0 saturated heterocycles. The maximum atomic E-state index is 14.0. The summed E-state index contributed by atoms with van der Waals surface area (Å²) in [6.07, 6.45) is 6.42. The highest BCUT2D eigenvalue weighted by atomic mass is 35.5. The van der Waals surface area contributed by atoms with Gasteiger partial charge in [0.05, 0.1) is 65.9 Å². The van der Waals surface area contributed by atoms with Crippen molar-refractivity contribution in [3.8, 4) is 34.0 Å². The molecule has 4 aromatic heterocycles. The van der Waals surface area contributed by atoms with E-state index in [0.717, 1.165) is 57.2 Å². The predicted octanol–water partition coefficient (Wildman–Crippen LogP) is 9.86. The lowest BCUT2D eigenvalue weighted by Gasteiger charge is -2.12. The predicted molar refractivity (Wildman–Crippen MR) is 283 cm³/mol. The second-order valence-electron chi connectivity index (χ2n) is 16.2. The third kappa shape index (κ3) is 13.2. The lowest BCUT2D eigenvalue weighted by atomic mass is 10.1. The highest BCUT2D eigenvalue weighted by molar-refractivity contribution is 7.85. The second kappa shape index (κ2) is 24.8. The Balaban J connectivity index is 0.000000186. The number of nitro benzene ring substituents is 2. The second-order valence-corrected chi connectivity index (χ2v) is 17.9. The van der Waals surface area contributed by atoms with Gasteiger partial charge in [-0.05, 0) is 42.8 Å². The third-order valence-electron chi connectivity index (χ3n) is 11.2. The molecule has 404 valence electrons. The molecular formula is C51H45ClF2N10O13S. The normalized spacial score (nSPS) is 10.7. The number of carbonyl (C=O) groups is 2. The van der Waals surface area contributed by atoms with Crippen LogP contribution in [0.15, 0.2) is 127 Å². The van der Waals surface area contributed by atoms with Crippen molar-refractivity contribution < 1.29 is 60.1 Å². The van der Waals surface area contributed by atoms with Crippen LogP contribution in [0.3, 0.4) is 0 Å². The summed E-state index contributed by atoms with van der Waals surface area (Å²) in [4.78, 5) is 60.7. The first kappa shape index (κ1) is 57.6. The molecule has 0 aliphatic carbocycles. The highest BCUT2D eigenvalue weighted by Crippen LogP contribution is 2.37. The molecule has 0 amide bonds. The number of carbonyl (C=O) groups excluding carboxylic acids is 2. The van der Waals surface area contributed by atoms with E-state index in [1.807, 2.05) is 91.1 Å². The number of nitrogens with two attached hydrogens (primary N) is 1. The Kier molecular flexibility index (Phi) is 18.3. The average molecular weight is 1110 g/mol. The number of hydrogen-bond acceptors (Lipinski definition) is 18. The molecule has 0 saturated carbocycles. The van der Waals surface area contributed by atoms with E-state index in [2.05, 4.69) is 30.0 Å². The summed E-state index contributed by atoms with van der Waals surface area (Å²) < 4.78 is 79.8. The van der Waals surface area contributed by atoms with Crippen LogP contribution in [0.1, 0.15) is 26.3 Å². The fraction of sp³-hybridized carbons (Fsp3) is 0.137. The number of aromatic nitrogens is 6. The monoisotopic (exact) mass is 1110 g/mol. The number of anilines is 3. The van der Waals surface area contributed by atoms with E-state index in [-0.39, 0.29) is 44.6 Å². The lowest BCUT2D eigenvalue weighted by Crippen LogP contribution is -2.09. The summed E-state index contributed by atoms with van der Waals surface area (Å²) in [7, 11) is 4.96. The molecule has 27 heteroatoms. The van der Waals surface area contributed by atoms with Gasteiger partial charge in [-0.3, -0.25) is 24.8 Å². The van der Waals surface area contributed by atoms with Crippen LogP contribution >= 0.6 is 11.6 Å².